The topological polar surface area (TPSA) is 105 Å². The molecule has 3 rings (SSSR count). The van der Waals surface area contributed by atoms with Crippen LogP contribution in [0.1, 0.15) is 24.3 Å². The third-order valence-electron chi connectivity index (χ3n) is 4.94. The molecule has 0 spiro atoms. The lowest BCUT2D eigenvalue weighted by Crippen LogP contribution is -2.45. The van der Waals surface area contributed by atoms with E-state index >= 15 is 0 Å². The fourth-order valence-electron chi connectivity index (χ4n) is 3.45. The third kappa shape index (κ3) is 5.87. The lowest BCUT2D eigenvalue weighted by atomic mass is 10.1. The zero-order valence-corrected chi connectivity index (χ0v) is 19.1. The zero-order valence-electron chi connectivity index (χ0n) is 16.8. The van der Waals surface area contributed by atoms with E-state index in [1.807, 2.05) is 0 Å². The summed E-state index contributed by atoms with van der Waals surface area (Å²) in [5, 5.41) is 14.9. The van der Waals surface area contributed by atoms with Crippen molar-refractivity contribution in [3.63, 3.8) is 0 Å². The van der Waals surface area contributed by atoms with Crippen LogP contribution in [0.4, 0.5) is 0 Å². The molecule has 0 radical (unpaired) electrons. The van der Waals surface area contributed by atoms with E-state index in [1.165, 1.54) is 6.92 Å². The first-order chi connectivity index (χ1) is 14.2. The third-order valence-corrected chi connectivity index (χ3v) is 7.35. The Bertz CT molecular complexity index is 955. The predicted molar refractivity (Wildman–Crippen MR) is 114 cm³/mol. The fourth-order valence-corrected chi connectivity index (χ4v) is 5.14. The molecule has 0 bridgehead atoms. The van der Waals surface area contributed by atoms with Crippen molar-refractivity contribution in [1.82, 2.24) is 14.8 Å². The largest absolute Gasteiger partial charge is 0.490 e. The maximum Gasteiger partial charge on any atom is 0.246 e. The number of nitrogens with one attached hydrogen (secondary N) is 1. The first-order valence-electron chi connectivity index (χ1n) is 9.60. The number of sulfonamides is 1. The lowest BCUT2D eigenvalue weighted by Gasteiger charge is -2.33. The summed E-state index contributed by atoms with van der Waals surface area (Å²) in [6.45, 7) is 4.84. The van der Waals surface area contributed by atoms with Crippen LogP contribution in [0, 0.1) is 13.8 Å². The Morgan fingerprint density at radius 1 is 1.30 bits per heavy atom. The Kier molecular flexibility index (Phi) is 7.65. The van der Waals surface area contributed by atoms with E-state index < -0.39 is 16.1 Å². The van der Waals surface area contributed by atoms with Gasteiger partial charge in [0.25, 0.3) is 0 Å². The molecule has 2 heterocycles. The number of aliphatic hydroxyl groups is 1. The van der Waals surface area contributed by atoms with Gasteiger partial charge in [-0.1, -0.05) is 28.4 Å². The van der Waals surface area contributed by atoms with Crippen LogP contribution in [0.15, 0.2) is 27.6 Å². The highest BCUT2D eigenvalue weighted by molar-refractivity contribution is 7.89. The van der Waals surface area contributed by atoms with Crippen molar-refractivity contribution < 1.29 is 22.8 Å². The van der Waals surface area contributed by atoms with E-state index in [1.54, 1.807) is 25.1 Å². The monoisotopic (exact) mass is 477 g/mol. The number of benzene rings is 1. The standard InChI is InChI=1S/C19H25Cl2N3O5S/c1-12-19(13(2)29-23-12)30(26,27)22-10-14(25)11-24-7-5-15(6-8-24)28-16-3-4-17(20)18(21)9-16/h3-4,9,14-15,22,25H,5-8,10-11H2,1-2H3/t14-/m0/s1. The molecule has 30 heavy (non-hydrogen) atoms. The Balaban J connectivity index is 1.44. The molecule has 8 nitrogen and oxygen atoms in total. The lowest BCUT2D eigenvalue weighted by molar-refractivity contribution is 0.0630. The van der Waals surface area contributed by atoms with Gasteiger partial charge in [-0.05, 0) is 38.8 Å². The highest BCUT2D eigenvalue weighted by atomic mass is 35.5. The maximum atomic E-state index is 12.4. The molecule has 1 atom stereocenters. The number of aliphatic hydroxyl groups excluding tert-OH is 1. The first kappa shape index (κ1) is 23.3. The highest BCUT2D eigenvalue weighted by Crippen LogP contribution is 2.28. The molecule has 1 fully saturated rings. The second-order valence-electron chi connectivity index (χ2n) is 7.35. The number of ether oxygens (including phenoxy) is 1. The van der Waals surface area contributed by atoms with Crippen LogP contribution in [0.2, 0.25) is 10.0 Å². The number of hydrogen-bond donors (Lipinski definition) is 2. The number of halogens is 2. The van der Waals surface area contributed by atoms with E-state index in [-0.39, 0.29) is 23.3 Å². The number of aromatic nitrogens is 1. The van der Waals surface area contributed by atoms with Crippen molar-refractivity contribution in [3.05, 3.63) is 39.7 Å². The normalized spacial score (nSPS) is 17.2. The molecular weight excluding hydrogens is 453 g/mol. The summed E-state index contributed by atoms with van der Waals surface area (Å²) in [6, 6.07) is 5.19. The quantitative estimate of drug-likeness (QED) is 0.601. The minimum Gasteiger partial charge on any atom is -0.490 e. The predicted octanol–water partition coefficient (Wildman–Crippen LogP) is 2.78. The van der Waals surface area contributed by atoms with Gasteiger partial charge in [-0.2, -0.15) is 0 Å². The average Bonchev–Trinajstić information content (AvgIpc) is 3.04. The maximum absolute atomic E-state index is 12.4. The van der Waals surface area contributed by atoms with Crippen LogP contribution in [-0.4, -0.2) is 62.0 Å². The van der Waals surface area contributed by atoms with Gasteiger partial charge in [-0.15, -0.1) is 0 Å². The minimum absolute atomic E-state index is 0.0231. The van der Waals surface area contributed by atoms with E-state index in [2.05, 4.69) is 14.8 Å². The summed E-state index contributed by atoms with van der Waals surface area (Å²) in [5.41, 5.74) is 0.290. The summed E-state index contributed by atoms with van der Waals surface area (Å²) >= 11 is 11.9. The molecule has 166 valence electrons. The number of likely N-dealkylation sites (tertiary alicyclic amines) is 1. The molecule has 11 heteroatoms. The second kappa shape index (κ2) is 9.84. The molecule has 1 aliphatic heterocycles. The first-order valence-corrected chi connectivity index (χ1v) is 11.8. The van der Waals surface area contributed by atoms with Gasteiger partial charge < -0.3 is 19.3 Å². The van der Waals surface area contributed by atoms with E-state index in [4.69, 9.17) is 32.5 Å². The van der Waals surface area contributed by atoms with Crippen molar-refractivity contribution in [1.29, 1.82) is 0 Å². The van der Waals surface area contributed by atoms with Crippen molar-refractivity contribution in [2.45, 2.75) is 43.8 Å². The van der Waals surface area contributed by atoms with Gasteiger partial charge in [0.1, 0.15) is 22.4 Å². The van der Waals surface area contributed by atoms with E-state index in [9.17, 15) is 13.5 Å². The Morgan fingerprint density at radius 2 is 2.00 bits per heavy atom. The van der Waals surface area contributed by atoms with E-state index in [0.717, 1.165) is 25.9 Å². The number of piperidine rings is 1. The summed E-state index contributed by atoms with van der Waals surface area (Å²) in [6.07, 6.45) is 0.789. The smallest absolute Gasteiger partial charge is 0.246 e. The molecule has 0 saturated carbocycles. The van der Waals surface area contributed by atoms with Crippen LogP contribution in [-0.2, 0) is 10.0 Å². The van der Waals surface area contributed by atoms with Gasteiger partial charge in [0.2, 0.25) is 10.0 Å². The second-order valence-corrected chi connectivity index (χ2v) is 9.87. The zero-order chi connectivity index (χ0) is 21.9. The van der Waals surface area contributed by atoms with Gasteiger partial charge in [-0.3, -0.25) is 0 Å². The van der Waals surface area contributed by atoms with Crippen LogP contribution in [0.25, 0.3) is 0 Å². The van der Waals surface area contributed by atoms with Crippen molar-refractivity contribution >= 4 is 33.2 Å². The van der Waals surface area contributed by atoms with Crippen molar-refractivity contribution in [3.8, 4) is 5.75 Å². The van der Waals surface area contributed by atoms with Crippen molar-refractivity contribution in [2.75, 3.05) is 26.2 Å². The molecule has 0 amide bonds. The van der Waals surface area contributed by atoms with Gasteiger partial charge in [0, 0.05) is 32.2 Å². The minimum atomic E-state index is -3.79. The number of nitrogens with zero attached hydrogens (tertiary/aromatic N) is 2. The Morgan fingerprint density at radius 3 is 2.60 bits per heavy atom. The Hall–Kier alpha value is -1.36. The molecule has 1 saturated heterocycles. The Labute approximate surface area is 186 Å². The molecular formula is C19H25Cl2N3O5S. The van der Waals surface area contributed by atoms with Gasteiger partial charge >= 0.3 is 0 Å². The van der Waals surface area contributed by atoms with Crippen LogP contribution in [0.5, 0.6) is 5.75 Å². The number of hydrogen-bond acceptors (Lipinski definition) is 7. The molecule has 1 aromatic carbocycles. The summed E-state index contributed by atoms with van der Waals surface area (Å²) in [5.74, 6) is 0.898. The fraction of sp³-hybridized carbons (Fsp3) is 0.526. The number of rotatable bonds is 8. The van der Waals surface area contributed by atoms with Gasteiger partial charge in [0.15, 0.2) is 5.76 Å². The highest BCUT2D eigenvalue weighted by Gasteiger charge is 2.26. The van der Waals surface area contributed by atoms with Gasteiger partial charge in [-0.25, -0.2) is 13.1 Å². The van der Waals surface area contributed by atoms with E-state index in [0.29, 0.717) is 28.0 Å². The molecule has 1 aromatic heterocycles. The van der Waals surface area contributed by atoms with Crippen LogP contribution >= 0.6 is 23.2 Å². The van der Waals surface area contributed by atoms with Crippen LogP contribution in [0.3, 0.4) is 0 Å². The van der Waals surface area contributed by atoms with Gasteiger partial charge in [0.05, 0.1) is 16.1 Å². The SMILES string of the molecule is Cc1noc(C)c1S(=O)(=O)NC[C@H](O)CN1CCC(Oc2ccc(Cl)c(Cl)c2)CC1. The number of aryl methyl sites for hydroxylation is 2. The van der Waals surface area contributed by atoms with Crippen molar-refractivity contribution in [2.24, 2.45) is 0 Å². The average molecular weight is 478 g/mol. The molecule has 0 unspecified atom stereocenters. The molecule has 2 N–H and O–H groups in total. The molecule has 1 aliphatic rings. The molecule has 2 aromatic rings. The number of β-amino-alcohol motifs (C(OH)–C–C–N with tert-alkyl or cyclic N) is 1. The summed E-state index contributed by atoms with van der Waals surface area (Å²) < 4.78 is 38.1. The summed E-state index contributed by atoms with van der Waals surface area (Å²) in [4.78, 5) is 2.11. The molecule has 0 aliphatic carbocycles. The summed E-state index contributed by atoms with van der Waals surface area (Å²) in [7, 11) is -3.79. The van der Waals surface area contributed by atoms with Crippen LogP contribution < -0.4 is 9.46 Å².